The highest BCUT2D eigenvalue weighted by Crippen LogP contribution is 2.33. The van der Waals surface area contributed by atoms with Crippen LogP contribution < -0.4 is 10.1 Å². The fraction of sp³-hybridized carbons (Fsp3) is 0.727. The van der Waals surface area contributed by atoms with Crippen molar-refractivity contribution in [1.29, 1.82) is 0 Å². The van der Waals surface area contributed by atoms with Gasteiger partial charge in [-0.2, -0.15) is 4.31 Å². The molecule has 0 radical (unpaired) electrons. The minimum absolute atomic E-state index is 0.0268. The lowest BCUT2D eigenvalue weighted by atomic mass is 9.92. The van der Waals surface area contributed by atoms with Crippen LogP contribution in [0.25, 0.3) is 0 Å². The number of carboxylic acid groups (broad SMARTS) is 1. The van der Waals surface area contributed by atoms with Gasteiger partial charge in [0.05, 0.1) is 6.10 Å². The topological polar surface area (TPSA) is 109 Å². The first kappa shape index (κ1) is 25.8. The molecule has 8 nitrogen and oxygen atoms in total. The van der Waals surface area contributed by atoms with E-state index in [4.69, 9.17) is 4.74 Å². The Labute approximate surface area is 193 Å². The Morgan fingerprint density at radius 3 is 2.70 bits per heavy atom. The number of hydrogen-bond acceptors (Lipinski definition) is 6. The van der Waals surface area contributed by atoms with E-state index in [2.05, 4.69) is 10.3 Å². The van der Waals surface area contributed by atoms with Gasteiger partial charge >= 0.3 is 5.97 Å². The van der Waals surface area contributed by atoms with Crippen molar-refractivity contribution in [2.24, 2.45) is 0 Å². The number of ether oxygens (including phenoxy) is 1. The maximum Gasteiger partial charge on any atom is 0.322 e. The molecular formula is C22H33F2N3O5S. The number of sulfonamides is 1. The summed E-state index contributed by atoms with van der Waals surface area (Å²) in [5.74, 6) is -3.74. The van der Waals surface area contributed by atoms with Crippen LogP contribution in [0.1, 0.15) is 64.0 Å². The van der Waals surface area contributed by atoms with Crippen LogP contribution in [0.15, 0.2) is 17.0 Å². The first-order valence-corrected chi connectivity index (χ1v) is 12.9. The van der Waals surface area contributed by atoms with Crippen LogP contribution in [-0.2, 0) is 14.8 Å². The van der Waals surface area contributed by atoms with E-state index in [1.807, 2.05) is 6.92 Å². The van der Waals surface area contributed by atoms with E-state index in [9.17, 15) is 27.1 Å². The molecule has 2 heterocycles. The molecule has 2 N–H and O–H groups in total. The third-order valence-electron chi connectivity index (χ3n) is 6.29. The molecule has 2 aliphatic rings. The summed E-state index contributed by atoms with van der Waals surface area (Å²) in [5, 5.41) is 12.7. The Hall–Kier alpha value is -1.85. The van der Waals surface area contributed by atoms with Gasteiger partial charge in [-0.1, -0.05) is 0 Å². The second-order valence-corrected chi connectivity index (χ2v) is 10.9. The highest BCUT2D eigenvalue weighted by molar-refractivity contribution is 7.89. The van der Waals surface area contributed by atoms with Crippen molar-refractivity contribution in [2.75, 3.05) is 13.1 Å². The van der Waals surface area contributed by atoms with E-state index in [-0.39, 0.29) is 48.7 Å². The molecule has 1 saturated carbocycles. The molecule has 1 aliphatic heterocycles. The van der Waals surface area contributed by atoms with Gasteiger partial charge in [0.1, 0.15) is 10.9 Å². The van der Waals surface area contributed by atoms with Crippen molar-refractivity contribution in [3.05, 3.63) is 17.8 Å². The number of aryl methyl sites for hydroxylation is 1. The number of aliphatic carboxylic acids is 1. The Balaban J connectivity index is 1.58. The number of carboxylic acids is 1. The predicted octanol–water partition coefficient (Wildman–Crippen LogP) is 3.34. The number of nitrogens with one attached hydrogen (secondary N) is 1. The number of rotatable bonds is 10. The van der Waals surface area contributed by atoms with E-state index >= 15 is 0 Å². The van der Waals surface area contributed by atoms with Gasteiger partial charge in [-0.3, -0.25) is 4.79 Å². The molecule has 33 heavy (non-hydrogen) atoms. The smallest absolute Gasteiger partial charge is 0.322 e. The summed E-state index contributed by atoms with van der Waals surface area (Å²) in [6, 6.07) is 1.98. The fourth-order valence-electron chi connectivity index (χ4n) is 4.39. The van der Waals surface area contributed by atoms with Crippen LogP contribution >= 0.6 is 0 Å². The Morgan fingerprint density at radius 1 is 1.33 bits per heavy atom. The lowest BCUT2D eigenvalue weighted by Crippen LogP contribution is -2.40. The summed E-state index contributed by atoms with van der Waals surface area (Å²) in [5.41, 5.74) is 0.586. The summed E-state index contributed by atoms with van der Waals surface area (Å²) in [4.78, 5) is 15.6. The standard InChI is InChI=1S/C22H33F2N3O5S/c1-15-7-8-19(33(30,31)27-14-4-6-18(27)21(28)29)20(26-15)32-16(2)5-3-13-25-17-9-11-22(23,24)12-10-17/h7-8,16-18,25H,3-6,9-14H2,1-2H3,(H,28,29)/t16-,18-/m0/s1. The highest BCUT2D eigenvalue weighted by atomic mass is 32.2. The molecule has 1 aromatic rings. The van der Waals surface area contributed by atoms with Crippen molar-refractivity contribution in [3.63, 3.8) is 0 Å². The first-order valence-electron chi connectivity index (χ1n) is 11.5. The molecule has 1 aromatic heterocycles. The monoisotopic (exact) mass is 489 g/mol. The molecule has 0 unspecified atom stereocenters. The van der Waals surface area contributed by atoms with Crippen LogP contribution in [0.5, 0.6) is 5.88 Å². The van der Waals surface area contributed by atoms with Crippen molar-refractivity contribution in [3.8, 4) is 5.88 Å². The van der Waals surface area contributed by atoms with E-state index in [1.54, 1.807) is 13.0 Å². The number of nitrogens with zero attached hydrogens (tertiary/aromatic N) is 2. The number of aromatic nitrogens is 1. The quantitative estimate of drug-likeness (QED) is 0.485. The van der Waals surface area contributed by atoms with Crippen LogP contribution in [0.4, 0.5) is 8.78 Å². The predicted molar refractivity (Wildman–Crippen MR) is 118 cm³/mol. The molecule has 2 fully saturated rings. The maximum absolute atomic E-state index is 13.3. The second-order valence-electron chi connectivity index (χ2n) is 9.02. The summed E-state index contributed by atoms with van der Waals surface area (Å²) in [6.45, 7) is 4.34. The molecule has 186 valence electrons. The van der Waals surface area contributed by atoms with Crippen LogP contribution in [0, 0.1) is 6.92 Å². The fourth-order valence-corrected chi connectivity index (χ4v) is 6.10. The van der Waals surface area contributed by atoms with Gasteiger partial charge in [0.2, 0.25) is 21.8 Å². The lowest BCUT2D eigenvalue weighted by Gasteiger charge is -2.29. The zero-order valence-electron chi connectivity index (χ0n) is 19.1. The molecule has 11 heteroatoms. The largest absolute Gasteiger partial charge is 0.480 e. The molecule has 3 rings (SSSR count). The van der Waals surface area contributed by atoms with Gasteiger partial charge < -0.3 is 15.2 Å². The number of halogens is 2. The molecule has 2 atom stereocenters. The van der Waals surface area contributed by atoms with Gasteiger partial charge in [-0.15, -0.1) is 0 Å². The zero-order valence-corrected chi connectivity index (χ0v) is 19.9. The SMILES string of the molecule is Cc1ccc(S(=O)(=O)N2CCC[C@H]2C(=O)O)c(O[C@@H](C)CCCNC2CCC(F)(F)CC2)n1. The van der Waals surface area contributed by atoms with Crippen molar-refractivity contribution >= 4 is 16.0 Å². The summed E-state index contributed by atoms with van der Waals surface area (Å²) in [6.07, 6.45) is 2.52. The zero-order chi connectivity index (χ0) is 24.2. The highest BCUT2D eigenvalue weighted by Gasteiger charge is 2.41. The molecule has 0 aromatic carbocycles. The molecule has 0 spiro atoms. The molecule has 1 aliphatic carbocycles. The minimum Gasteiger partial charge on any atom is -0.480 e. The number of hydrogen-bond donors (Lipinski definition) is 2. The van der Waals surface area contributed by atoms with E-state index in [1.165, 1.54) is 6.07 Å². The number of pyridine rings is 1. The molecular weight excluding hydrogens is 456 g/mol. The summed E-state index contributed by atoms with van der Waals surface area (Å²) < 4.78 is 59.9. The van der Waals surface area contributed by atoms with Crippen LogP contribution in [0.2, 0.25) is 0 Å². The molecule has 0 amide bonds. The normalized spacial score (nSPS) is 22.8. The number of carbonyl (C=O) groups is 1. The summed E-state index contributed by atoms with van der Waals surface area (Å²) >= 11 is 0. The second kappa shape index (κ2) is 10.6. The number of alkyl halides is 2. The Bertz CT molecular complexity index is 934. The van der Waals surface area contributed by atoms with E-state index < -0.39 is 28.0 Å². The third-order valence-corrected chi connectivity index (χ3v) is 8.21. The van der Waals surface area contributed by atoms with Crippen molar-refractivity contribution < 1.29 is 31.8 Å². The Morgan fingerprint density at radius 2 is 2.03 bits per heavy atom. The van der Waals surface area contributed by atoms with E-state index in [0.717, 1.165) is 10.7 Å². The maximum atomic E-state index is 13.3. The van der Waals surface area contributed by atoms with Crippen LogP contribution in [-0.4, -0.2) is 66.0 Å². The summed E-state index contributed by atoms with van der Waals surface area (Å²) in [7, 11) is -4.08. The average molecular weight is 490 g/mol. The van der Waals surface area contributed by atoms with Gasteiger partial charge in [-0.05, 0) is 71.0 Å². The molecule has 1 saturated heterocycles. The third kappa shape index (κ3) is 6.60. The Kier molecular flexibility index (Phi) is 8.28. The van der Waals surface area contributed by atoms with Gasteiger partial charge in [0.15, 0.2) is 0 Å². The van der Waals surface area contributed by atoms with Crippen LogP contribution in [0.3, 0.4) is 0 Å². The average Bonchev–Trinajstić information content (AvgIpc) is 3.23. The molecule has 0 bridgehead atoms. The van der Waals surface area contributed by atoms with Gasteiger partial charge in [0, 0.05) is 31.1 Å². The lowest BCUT2D eigenvalue weighted by molar-refractivity contribution is -0.140. The van der Waals surface area contributed by atoms with Gasteiger partial charge in [-0.25, -0.2) is 22.2 Å². The minimum atomic E-state index is -4.08. The van der Waals surface area contributed by atoms with E-state index in [0.29, 0.717) is 37.9 Å². The van der Waals surface area contributed by atoms with Crippen molar-refractivity contribution in [2.45, 2.75) is 94.2 Å². The van der Waals surface area contributed by atoms with Crippen molar-refractivity contribution in [1.82, 2.24) is 14.6 Å². The first-order chi connectivity index (χ1) is 15.5. The van der Waals surface area contributed by atoms with Gasteiger partial charge in [0.25, 0.3) is 0 Å².